The van der Waals surface area contributed by atoms with E-state index in [2.05, 4.69) is 17.0 Å². The van der Waals surface area contributed by atoms with Crippen LogP contribution in [0.4, 0.5) is 13.2 Å². The summed E-state index contributed by atoms with van der Waals surface area (Å²) in [5.74, 6) is 0.134. The van der Waals surface area contributed by atoms with Gasteiger partial charge in [0.1, 0.15) is 5.75 Å². The molecule has 0 saturated heterocycles. The first-order chi connectivity index (χ1) is 6.41. The molecule has 0 aliphatic rings. The predicted molar refractivity (Wildman–Crippen MR) is 50.5 cm³/mol. The standard InChI is InChI=1S/C9H7F3OS/c1-6-4-2-3-5-7(6)13-8(14)9(10,11)12/h2-5H,1H3. The van der Waals surface area contributed by atoms with E-state index < -0.39 is 11.2 Å². The Bertz CT molecular complexity index is 346. The van der Waals surface area contributed by atoms with E-state index in [0.717, 1.165) is 0 Å². The van der Waals surface area contributed by atoms with Crippen LogP contribution in [0.25, 0.3) is 0 Å². The highest BCUT2D eigenvalue weighted by atomic mass is 32.1. The second-order valence-corrected chi connectivity index (χ2v) is 3.02. The lowest BCUT2D eigenvalue weighted by Crippen LogP contribution is -2.26. The van der Waals surface area contributed by atoms with Gasteiger partial charge < -0.3 is 4.74 Å². The first-order valence-corrected chi connectivity index (χ1v) is 4.16. The van der Waals surface area contributed by atoms with Crippen molar-refractivity contribution in [2.75, 3.05) is 0 Å². The zero-order valence-corrected chi connectivity index (χ0v) is 8.08. The van der Waals surface area contributed by atoms with Crippen molar-refractivity contribution in [1.82, 2.24) is 0 Å². The number of para-hydroxylation sites is 1. The van der Waals surface area contributed by atoms with Gasteiger partial charge in [-0.1, -0.05) is 18.2 Å². The quantitative estimate of drug-likeness (QED) is 0.672. The van der Waals surface area contributed by atoms with Crippen LogP contribution in [-0.4, -0.2) is 11.2 Å². The van der Waals surface area contributed by atoms with Crippen molar-refractivity contribution in [1.29, 1.82) is 0 Å². The monoisotopic (exact) mass is 220 g/mol. The molecule has 0 atom stereocenters. The van der Waals surface area contributed by atoms with Gasteiger partial charge in [0.05, 0.1) is 0 Å². The summed E-state index contributed by atoms with van der Waals surface area (Å²) in [6.07, 6.45) is -4.59. The molecule has 14 heavy (non-hydrogen) atoms. The summed E-state index contributed by atoms with van der Waals surface area (Å²) >= 11 is 4.09. The summed E-state index contributed by atoms with van der Waals surface area (Å²) in [6, 6.07) is 6.38. The molecule has 0 N–H and O–H groups in total. The van der Waals surface area contributed by atoms with Gasteiger partial charge in [-0.3, -0.25) is 0 Å². The van der Waals surface area contributed by atoms with Crippen molar-refractivity contribution in [3.63, 3.8) is 0 Å². The number of halogens is 3. The summed E-state index contributed by atoms with van der Waals surface area (Å²) in [4.78, 5) is 0. The smallest absolute Gasteiger partial charge is 0.441 e. The van der Waals surface area contributed by atoms with E-state index in [1.165, 1.54) is 6.07 Å². The Morgan fingerprint density at radius 2 is 1.86 bits per heavy atom. The molecule has 0 aromatic heterocycles. The Morgan fingerprint density at radius 1 is 1.29 bits per heavy atom. The van der Waals surface area contributed by atoms with E-state index in [9.17, 15) is 13.2 Å². The van der Waals surface area contributed by atoms with Crippen LogP contribution in [0.15, 0.2) is 24.3 Å². The second-order valence-electron chi connectivity index (χ2n) is 2.65. The van der Waals surface area contributed by atoms with Crippen LogP contribution in [0.3, 0.4) is 0 Å². The van der Waals surface area contributed by atoms with E-state index >= 15 is 0 Å². The Hall–Kier alpha value is -1.10. The minimum Gasteiger partial charge on any atom is -0.441 e. The molecule has 0 fully saturated rings. The zero-order chi connectivity index (χ0) is 10.8. The molecule has 1 aromatic carbocycles. The number of hydrogen-bond donors (Lipinski definition) is 0. The molecule has 0 aliphatic heterocycles. The predicted octanol–water partition coefficient (Wildman–Crippen LogP) is 3.26. The molecular formula is C9H7F3OS. The number of rotatable bonds is 1. The molecule has 0 aliphatic carbocycles. The normalized spacial score (nSPS) is 11.1. The molecule has 0 amide bonds. The zero-order valence-electron chi connectivity index (χ0n) is 7.26. The highest BCUT2D eigenvalue weighted by molar-refractivity contribution is 7.80. The summed E-state index contributed by atoms with van der Waals surface area (Å²) in [5, 5.41) is -1.37. The van der Waals surface area contributed by atoms with Crippen molar-refractivity contribution < 1.29 is 17.9 Å². The van der Waals surface area contributed by atoms with E-state index in [1.54, 1.807) is 25.1 Å². The van der Waals surface area contributed by atoms with Gasteiger partial charge >= 0.3 is 6.18 Å². The van der Waals surface area contributed by atoms with E-state index in [4.69, 9.17) is 0 Å². The fraction of sp³-hybridized carbons (Fsp3) is 0.222. The highest BCUT2D eigenvalue weighted by Crippen LogP contribution is 2.23. The van der Waals surface area contributed by atoms with Crippen LogP contribution in [-0.2, 0) is 0 Å². The maximum Gasteiger partial charge on any atom is 0.460 e. The molecule has 1 nitrogen and oxygen atoms in total. The van der Waals surface area contributed by atoms with Crippen molar-refractivity contribution in [3.05, 3.63) is 29.8 Å². The van der Waals surface area contributed by atoms with Crippen molar-refractivity contribution in [2.45, 2.75) is 13.1 Å². The van der Waals surface area contributed by atoms with Crippen LogP contribution in [0.1, 0.15) is 5.56 Å². The number of aryl methyl sites for hydroxylation is 1. The van der Waals surface area contributed by atoms with Gasteiger partial charge in [-0.2, -0.15) is 13.2 Å². The van der Waals surface area contributed by atoms with Gasteiger partial charge in [0.15, 0.2) is 0 Å². The van der Waals surface area contributed by atoms with Crippen molar-refractivity contribution in [3.8, 4) is 5.75 Å². The SMILES string of the molecule is Cc1ccccc1OC(=S)C(F)(F)F. The first-order valence-electron chi connectivity index (χ1n) is 3.76. The number of thiocarbonyl (C=S) groups is 1. The molecule has 5 heteroatoms. The highest BCUT2D eigenvalue weighted by Gasteiger charge is 2.36. The van der Waals surface area contributed by atoms with Crippen LogP contribution >= 0.6 is 12.2 Å². The topological polar surface area (TPSA) is 9.23 Å². The molecule has 1 rings (SSSR count). The molecule has 1 aromatic rings. The molecule has 0 radical (unpaired) electrons. The van der Waals surface area contributed by atoms with Gasteiger partial charge in [0, 0.05) is 0 Å². The Balaban J connectivity index is 2.80. The van der Waals surface area contributed by atoms with Crippen LogP contribution < -0.4 is 4.74 Å². The van der Waals surface area contributed by atoms with Crippen LogP contribution in [0, 0.1) is 6.92 Å². The summed E-state index contributed by atoms with van der Waals surface area (Å²) in [6.45, 7) is 1.65. The fourth-order valence-electron chi connectivity index (χ4n) is 0.829. The molecule has 0 unspecified atom stereocenters. The van der Waals surface area contributed by atoms with Gasteiger partial charge in [0.2, 0.25) is 0 Å². The van der Waals surface area contributed by atoms with Crippen molar-refractivity contribution in [2.24, 2.45) is 0 Å². The fourth-order valence-corrected chi connectivity index (χ4v) is 0.918. The van der Waals surface area contributed by atoms with E-state index in [0.29, 0.717) is 5.56 Å². The number of hydrogen-bond acceptors (Lipinski definition) is 2. The maximum absolute atomic E-state index is 12.0. The Kier molecular flexibility index (Phi) is 3.10. The van der Waals surface area contributed by atoms with Gasteiger partial charge in [-0.25, -0.2) is 0 Å². The van der Waals surface area contributed by atoms with Gasteiger partial charge in [-0.15, -0.1) is 0 Å². The third kappa shape index (κ3) is 2.70. The molecule has 76 valence electrons. The van der Waals surface area contributed by atoms with Crippen LogP contribution in [0.5, 0.6) is 5.75 Å². The third-order valence-electron chi connectivity index (χ3n) is 1.53. The largest absolute Gasteiger partial charge is 0.460 e. The minimum atomic E-state index is -4.59. The lowest BCUT2D eigenvalue weighted by molar-refractivity contribution is -0.0677. The molecular weight excluding hydrogens is 213 g/mol. The lowest BCUT2D eigenvalue weighted by atomic mass is 10.2. The molecule has 0 heterocycles. The first kappa shape index (κ1) is 11.0. The second kappa shape index (κ2) is 3.96. The lowest BCUT2D eigenvalue weighted by Gasteiger charge is -2.11. The molecule has 0 saturated carbocycles. The average Bonchev–Trinajstić information content (AvgIpc) is 2.07. The van der Waals surface area contributed by atoms with Crippen molar-refractivity contribution >= 4 is 17.3 Å². The van der Waals surface area contributed by atoms with Crippen LogP contribution in [0.2, 0.25) is 0 Å². The van der Waals surface area contributed by atoms with Gasteiger partial charge in [-0.05, 0) is 30.8 Å². The number of ether oxygens (including phenoxy) is 1. The molecule has 0 bridgehead atoms. The van der Waals surface area contributed by atoms with E-state index in [-0.39, 0.29) is 5.75 Å². The number of benzene rings is 1. The van der Waals surface area contributed by atoms with E-state index in [1.807, 2.05) is 0 Å². The summed E-state index contributed by atoms with van der Waals surface area (Å²) < 4.78 is 40.5. The third-order valence-corrected chi connectivity index (χ3v) is 1.84. The molecule has 0 spiro atoms. The minimum absolute atomic E-state index is 0.134. The van der Waals surface area contributed by atoms with Gasteiger partial charge in [0.25, 0.3) is 5.05 Å². The Labute approximate surface area is 84.5 Å². The average molecular weight is 220 g/mol. The maximum atomic E-state index is 12.0. The summed E-state index contributed by atoms with van der Waals surface area (Å²) in [5.41, 5.74) is 0.610. The Morgan fingerprint density at radius 3 is 2.36 bits per heavy atom. The number of alkyl halides is 3. The summed E-state index contributed by atoms with van der Waals surface area (Å²) in [7, 11) is 0.